The summed E-state index contributed by atoms with van der Waals surface area (Å²) in [6.45, 7) is 9.77. The van der Waals surface area contributed by atoms with Crippen LogP contribution in [0, 0.1) is 12.3 Å². The maximum atomic E-state index is 12.8. The predicted octanol–water partition coefficient (Wildman–Crippen LogP) is 3.41. The molecule has 1 aromatic rings. The molecule has 2 nitrogen and oxygen atoms in total. The molecule has 0 bridgehead atoms. The maximum Gasteiger partial charge on any atom is 0.0510 e. The standard InChI is InChI=1S/C17H27NOS/c1-5-18-16-15(9-10-17(16,3)4)20(19)12-14-8-6-7-13(2)11-14/h6-8,11,15-16,18H,5,9-10,12H2,1-4H3. The van der Waals surface area contributed by atoms with Crippen LogP contribution in [0.15, 0.2) is 24.3 Å². The third-order valence-corrected chi connectivity index (χ3v) is 6.24. The quantitative estimate of drug-likeness (QED) is 0.901. The summed E-state index contributed by atoms with van der Waals surface area (Å²) in [6, 6.07) is 8.76. The lowest BCUT2D eigenvalue weighted by Crippen LogP contribution is -2.46. The van der Waals surface area contributed by atoms with Crippen LogP contribution in [-0.2, 0) is 16.6 Å². The van der Waals surface area contributed by atoms with E-state index in [1.165, 1.54) is 11.1 Å². The second kappa shape index (κ2) is 6.40. The Morgan fingerprint density at radius 1 is 1.40 bits per heavy atom. The van der Waals surface area contributed by atoms with Gasteiger partial charge in [-0.25, -0.2) is 0 Å². The van der Waals surface area contributed by atoms with Crippen LogP contribution in [0.25, 0.3) is 0 Å². The molecule has 1 N–H and O–H groups in total. The van der Waals surface area contributed by atoms with E-state index in [4.69, 9.17) is 0 Å². The summed E-state index contributed by atoms with van der Waals surface area (Å²) in [4.78, 5) is 0. The highest BCUT2D eigenvalue weighted by Gasteiger charge is 2.43. The number of aryl methyl sites for hydroxylation is 1. The van der Waals surface area contributed by atoms with Crippen LogP contribution >= 0.6 is 0 Å². The molecular weight excluding hydrogens is 266 g/mol. The first-order valence-electron chi connectivity index (χ1n) is 7.60. The normalized spacial score (nSPS) is 26.6. The number of hydrogen-bond donors (Lipinski definition) is 1. The van der Waals surface area contributed by atoms with Crippen molar-refractivity contribution in [2.75, 3.05) is 6.54 Å². The zero-order valence-electron chi connectivity index (χ0n) is 13.1. The zero-order chi connectivity index (χ0) is 14.8. The van der Waals surface area contributed by atoms with Crippen molar-refractivity contribution in [2.45, 2.75) is 57.6 Å². The molecule has 3 atom stereocenters. The van der Waals surface area contributed by atoms with Crippen molar-refractivity contribution in [2.24, 2.45) is 5.41 Å². The molecule has 20 heavy (non-hydrogen) atoms. The molecule has 0 spiro atoms. The van der Waals surface area contributed by atoms with E-state index < -0.39 is 10.8 Å². The third-order valence-electron chi connectivity index (χ3n) is 4.44. The molecule has 0 saturated heterocycles. The highest BCUT2D eigenvalue weighted by molar-refractivity contribution is 7.84. The van der Waals surface area contributed by atoms with Crippen molar-refractivity contribution in [3.8, 4) is 0 Å². The van der Waals surface area contributed by atoms with Crippen molar-refractivity contribution in [1.82, 2.24) is 5.32 Å². The summed E-state index contributed by atoms with van der Waals surface area (Å²) in [5.74, 6) is 0.685. The van der Waals surface area contributed by atoms with Crippen molar-refractivity contribution in [1.29, 1.82) is 0 Å². The molecule has 0 heterocycles. The van der Waals surface area contributed by atoms with Crippen LogP contribution in [0.3, 0.4) is 0 Å². The van der Waals surface area contributed by atoms with Crippen LogP contribution in [0.4, 0.5) is 0 Å². The summed E-state index contributed by atoms with van der Waals surface area (Å²) in [7, 11) is -0.795. The molecule has 0 radical (unpaired) electrons. The molecule has 112 valence electrons. The van der Waals surface area contributed by atoms with E-state index in [0.717, 1.165) is 19.4 Å². The van der Waals surface area contributed by atoms with Crippen molar-refractivity contribution < 1.29 is 4.21 Å². The topological polar surface area (TPSA) is 29.1 Å². The lowest BCUT2D eigenvalue weighted by molar-refractivity contribution is 0.289. The smallest absolute Gasteiger partial charge is 0.0510 e. The third kappa shape index (κ3) is 3.50. The first-order valence-corrected chi connectivity index (χ1v) is 8.98. The van der Waals surface area contributed by atoms with E-state index in [0.29, 0.717) is 11.8 Å². The van der Waals surface area contributed by atoms with E-state index in [1.54, 1.807) is 0 Å². The highest BCUT2D eigenvalue weighted by atomic mass is 32.2. The fraction of sp³-hybridized carbons (Fsp3) is 0.647. The van der Waals surface area contributed by atoms with Crippen LogP contribution < -0.4 is 5.32 Å². The van der Waals surface area contributed by atoms with Gasteiger partial charge >= 0.3 is 0 Å². The first kappa shape index (κ1) is 15.7. The minimum absolute atomic E-state index is 0.253. The van der Waals surface area contributed by atoms with Gasteiger partial charge in [0.2, 0.25) is 0 Å². The van der Waals surface area contributed by atoms with Crippen molar-refractivity contribution in [3.63, 3.8) is 0 Å². The molecule has 1 aromatic carbocycles. The Kier molecular flexibility index (Phi) is 5.03. The Balaban J connectivity index is 2.08. The van der Waals surface area contributed by atoms with Crippen molar-refractivity contribution in [3.05, 3.63) is 35.4 Å². The van der Waals surface area contributed by atoms with Crippen LogP contribution in [0.5, 0.6) is 0 Å². The van der Waals surface area contributed by atoms with Gasteiger partial charge in [-0.3, -0.25) is 4.21 Å². The van der Waals surface area contributed by atoms with Crippen LogP contribution in [0.2, 0.25) is 0 Å². The molecule has 1 aliphatic carbocycles. The SMILES string of the molecule is CCNC1C(S(=O)Cc2cccc(C)c2)CCC1(C)C. The van der Waals surface area contributed by atoms with Gasteiger partial charge in [0.15, 0.2) is 0 Å². The fourth-order valence-electron chi connectivity index (χ4n) is 3.32. The second-order valence-corrected chi connectivity index (χ2v) is 8.27. The Labute approximate surface area is 125 Å². The Morgan fingerprint density at radius 2 is 2.15 bits per heavy atom. The summed E-state index contributed by atoms with van der Waals surface area (Å²) in [6.07, 6.45) is 2.23. The Hall–Kier alpha value is -0.670. The second-order valence-electron chi connectivity index (χ2n) is 6.62. The lowest BCUT2D eigenvalue weighted by atomic mass is 9.87. The number of rotatable bonds is 5. The molecule has 1 fully saturated rings. The summed E-state index contributed by atoms with van der Waals surface area (Å²) in [5, 5.41) is 3.85. The van der Waals surface area contributed by atoms with Gasteiger partial charge in [-0.05, 0) is 37.3 Å². The molecule has 0 amide bonds. The van der Waals surface area contributed by atoms with E-state index in [1.807, 2.05) is 0 Å². The predicted molar refractivity (Wildman–Crippen MR) is 87.3 cm³/mol. The van der Waals surface area contributed by atoms with Gasteiger partial charge < -0.3 is 5.32 Å². The molecule has 0 aliphatic heterocycles. The van der Waals surface area contributed by atoms with Gasteiger partial charge in [0, 0.05) is 22.6 Å². The average Bonchev–Trinajstić information content (AvgIpc) is 2.66. The minimum Gasteiger partial charge on any atom is -0.313 e. The summed E-state index contributed by atoms with van der Waals surface area (Å²) >= 11 is 0. The number of benzene rings is 1. The van der Waals surface area contributed by atoms with Gasteiger partial charge in [0.25, 0.3) is 0 Å². The molecular formula is C17H27NOS. The lowest BCUT2D eigenvalue weighted by Gasteiger charge is -2.31. The van der Waals surface area contributed by atoms with Gasteiger partial charge in [0.1, 0.15) is 0 Å². The molecule has 0 aromatic heterocycles. The molecule has 3 unspecified atom stereocenters. The first-order chi connectivity index (χ1) is 9.44. The largest absolute Gasteiger partial charge is 0.313 e. The van der Waals surface area contributed by atoms with Gasteiger partial charge in [-0.2, -0.15) is 0 Å². The highest BCUT2D eigenvalue weighted by Crippen LogP contribution is 2.40. The molecule has 1 aliphatic rings. The minimum atomic E-state index is -0.795. The van der Waals surface area contributed by atoms with Gasteiger partial charge in [-0.15, -0.1) is 0 Å². The van der Waals surface area contributed by atoms with E-state index in [9.17, 15) is 4.21 Å². The zero-order valence-corrected chi connectivity index (χ0v) is 13.9. The van der Waals surface area contributed by atoms with Gasteiger partial charge in [-0.1, -0.05) is 50.6 Å². The number of hydrogen-bond acceptors (Lipinski definition) is 2. The van der Waals surface area contributed by atoms with Crippen LogP contribution in [-0.4, -0.2) is 22.0 Å². The molecule has 2 rings (SSSR count). The number of nitrogens with one attached hydrogen (secondary N) is 1. The van der Waals surface area contributed by atoms with Crippen LogP contribution in [0.1, 0.15) is 44.7 Å². The summed E-state index contributed by atoms with van der Waals surface area (Å²) < 4.78 is 12.8. The Bertz CT molecular complexity index is 484. The van der Waals surface area contributed by atoms with Crippen molar-refractivity contribution >= 4 is 10.8 Å². The van der Waals surface area contributed by atoms with E-state index in [2.05, 4.69) is 57.3 Å². The van der Waals surface area contributed by atoms with E-state index in [-0.39, 0.29) is 10.7 Å². The Morgan fingerprint density at radius 3 is 2.80 bits per heavy atom. The fourth-order valence-corrected chi connectivity index (χ4v) is 5.19. The van der Waals surface area contributed by atoms with Gasteiger partial charge in [0.05, 0.1) is 5.25 Å². The van der Waals surface area contributed by atoms with E-state index >= 15 is 0 Å². The molecule has 1 saturated carbocycles. The average molecular weight is 293 g/mol. The maximum absolute atomic E-state index is 12.8. The summed E-state index contributed by atoms with van der Waals surface area (Å²) in [5.41, 5.74) is 2.70. The monoisotopic (exact) mass is 293 g/mol. The molecule has 3 heteroatoms.